The van der Waals surface area contributed by atoms with Gasteiger partial charge in [-0.15, -0.1) is 0 Å². The Balaban J connectivity index is 1.28. The average Bonchev–Trinajstić information content (AvgIpc) is 3.10. The fraction of sp³-hybridized carbons (Fsp3) is 0.739. The molecule has 5 rings (SSSR count). The van der Waals surface area contributed by atoms with Crippen LogP contribution >= 0.6 is 0 Å². The Morgan fingerprint density at radius 1 is 1.00 bits per heavy atom. The first-order valence-corrected chi connectivity index (χ1v) is 11.5. The second-order valence-corrected chi connectivity index (χ2v) is 9.45. The number of ether oxygens (including phenoxy) is 1. The molecule has 6 heteroatoms. The molecule has 2 aliphatic heterocycles. The first-order valence-electron chi connectivity index (χ1n) is 11.5. The van der Waals surface area contributed by atoms with Crippen LogP contribution in [-0.2, 0) is 4.74 Å². The predicted octanol–water partition coefficient (Wildman–Crippen LogP) is 3.74. The van der Waals surface area contributed by atoms with Gasteiger partial charge < -0.3 is 14.7 Å². The number of aliphatic hydroxyl groups is 1. The summed E-state index contributed by atoms with van der Waals surface area (Å²) in [4.78, 5) is 21.5. The van der Waals surface area contributed by atoms with E-state index < -0.39 is 5.60 Å². The lowest BCUT2D eigenvalue weighted by molar-refractivity contribution is -0.106. The minimum atomic E-state index is -0.636. The Morgan fingerprint density at radius 3 is 2.45 bits per heavy atom. The Labute approximate surface area is 173 Å². The summed E-state index contributed by atoms with van der Waals surface area (Å²) in [6.07, 6.45) is 13.5. The van der Waals surface area contributed by atoms with Gasteiger partial charge in [0, 0.05) is 43.1 Å². The van der Waals surface area contributed by atoms with Crippen molar-refractivity contribution < 1.29 is 14.6 Å². The molecular formula is C23H33N3O3. The van der Waals surface area contributed by atoms with Gasteiger partial charge in [-0.3, -0.25) is 9.88 Å². The summed E-state index contributed by atoms with van der Waals surface area (Å²) in [5, 5.41) is 11.4. The molecule has 0 aromatic carbocycles. The maximum absolute atomic E-state index is 12.9. The third kappa shape index (κ3) is 3.49. The molecule has 0 bridgehead atoms. The Hall–Kier alpha value is -1.82. The van der Waals surface area contributed by atoms with Crippen molar-refractivity contribution in [2.75, 3.05) is 18.0 Å². The van der Waals surface area contributed by atoms with E-state index in [4.69, 9.17) is 4.74 Å². The standard InChI is InChI=1S/C23H33N3O3/c27-22-26(18-9-15-25(16-10-18)17-7-13-24-14-8-17)20-6-4-5-19(21(20)29-22)23(28)11-2-1-3-12-23/h7-8,13-14,18-21,28H,1-6,9-12,15-16H2. The number of carbonyl (C=O) groups excluding carboxylic acids is 1. The van der Waals surface area contributed by atoms with Gasteiger partial charge in [0.2, 0.25) is 0 Å². The average molecular weight is 400 g/mol. The van der Waals surface area contributed by atoms with Gasteiger partial charge in [0.15, 0.2) is 0 Å². The van der Waals surface area contributed by atoms with Crippen LogP contribution in [0.15, 0.2) is 24.5 Å². The van der Waals surface area contributed by atoms with E-state index in [2.05, 4.69) is 26.9 Å². The van der Waals surface area contributed by atoms with Crippen LogP contribution in [0.5, 0.6) is 0 Å². The van der Waals surface area contributed by atoms with Gasteiger partial charge in [-0.05, 0) is 50.7 Å². The van der Waals surface area contributed by atoms with E-state index in [1.165, 1.54) is 12.1 Å². The summed E-state index contributed by atoms with van der Waals surface area (Å²) >= 11 is 0. The highest BCUT2D eigenvalue weighted by atomic mass is 16.6. The molecule has 0 spiro atoms. The molecule has 4 aliphatic rings. The highest BCUT2D eigenvalue weighted by Gasteiger charge is 2.55. The molecule has 6 nitrogen and oxygen atoms in total. The molecule has 3 unspecified atom stereocenters. The normalized spacial score (nSPS) is 32.7. The lowest BCUT2D eigenvalue weighted by Gasteiger charge is -2.46. The number of carbonyl (C=O) groups is 1. The van der Waals surface area contributed by atoms with Crippen LogP contribution in [0.4, 0.5) is 10.5 Å². The molecule has 1 amide bonds. The lowest BCUT2D eigenvalue weighted by atomic mass is 9.67. The number of aromatic nitrogens is 1. The number of hydrogen-bond donors (Lipinski definition) is 1. The minimum absolute atomic E-state index is 0.104. The SMILES string of the molecule is O=C1OC2C(CCCC2C2(O)CCCCC2)N1C1CCN(c2ccncc2)CC1. The van der Waals surface area contributed by atoms with Crippen molar-refractivity contribution in [3.8, 4) is 0 Å². The van der Waals surface area contributed by atoms with Gasteiger partial charge in [-0.1, -0.05) is 25.7 Å². The Bertz CT molecular complexity index is 713. The number of hydrogen-bond acceptors (Lipinski definition) is 5. The Morgan fingerprint density at radius 2 is 1.72 bits per heavy atom. The number of pyridine rings is 1. The number of amides is 1. The molecule has 1 N–H and O–H groups in total. The third-order valence-electron chi connectivity index (χ3n) is 7.89. The fourth-order valence-corrected chi connectivity index (χ4v) is 6.40. The van der Waals surface area contributed by atoms with Crippen LogP contribution in [0.2, 0.25) is 0 Å². The minimum Gasteiger partial charge on any atom is -0.443 e. The van der Waals surface area contributed by atoms with Gasteiger partial charge in [-0.25, -0.2) is 4.79 Å². The molecule has 1 aromatic heterocycles. The van der Waals surface area contributed by atoms with Crippen molar-refractivity contribution in [3.05, 3.63) is 24.5 Å². The zero-order valence-corrected chi connectivity index (χ0v) is 17.2. The zero-order valence-electron chi connectivity index (χ0n) is 17.2. The first-order chi connectivity index (χ1) is 14.2. The van der Waals surface area contributed by atoms with Crippen LogP contribution < -0.4 is 4.90 Å². The van der Waals surface area contributed by atoms with E-state index in [-0.39, 0.29) is 30.2 Å². The zero-order chi connectivity index (χ0) is 19.8. The van der Waals surface area contributed by atoms with Crippen molar-refractivity contribution in [1.29, 1.82) is 0 Å². The summed E-state index contributed by atoms with van der Waals surface area (Å²) < 4.78 is 5.98. The number of anilines is 1. The first kappa shape index (κ1) is 19.2. The highest BCUT2D eigenvalue weighted by Crippen LogP contribution is 2.47. The highest BCUT2D eigenvalue weighted by molar-refractivity contribution is 5.71. The summed E-state index contributed by atoms with van der Waals surface area (Å²) in [5.41, 5.74) is 0.570. The lowest BCUT2D eigenvalue weighted by Crippen LogP contribution is -2.55. The second-order valence-electron chi connectivity index (χ2n) is 9.45. The van der Waals surface area contributed by atoms with Gasteiger partial charge in [-0.2, -0.15) is 0 Å². The van der Waals surface area contributed by atoms with Gasteiger partial charge in [0.25, 0.3) is 0 Å². The van der Waals surface area contributed by atoms with Crippen molar-refractivity contribution in [2.24, 2.45) is 5.92 Å². The van der Waals surface area contributed by atoms with Gasteiger partial charge in [0.1, 0.15) is 6.10 Å². The molecule has 2 aliphatic carbocycles. The molecule has 2 saturated heterocycles. The van der Waals surface area contributed by atoms with Crippen LogP contribution in [0.1, 0.15) is 64.2 Å². The number of piperidine rings is 1. The van der Waals surface area contributed by atoms with Crippen molar-refractivity contribution >= 4 is 11.8 Å². The molecule has 4 fully saturated rings. The predicted molar refractivity (Wildman–Crippen MR) is 111 cm³/mol. The van der Waals surface area contributed by atoms with Crippen LogP contribution in [-0.4, -0.2) is 58.0 Å². The van der Waals surface area contributed by atoms with Crippen molar-refractivity contribution in [3.63, 3.8) is 0 Å². The van der Waals surface area contributed by atoms with E-state index >= 15 is 0 Å². The number of fused-ring (bicyclic) bond motifs is 1. The Kier molecular flexibility index (Phi) is 5.14. The maximum atomic E-state index is 12.9. The van der Waals surface area contributed by atoms with E-state index in [0.717, 1.165) is 70.9 Å². The molecule has 3 atom stereocenters. The van der Waals surface area contributed by atoms with E-state index in [9.17, 15) is 9.90 Å². The quantitative estimate of drug-likeness (QED) is 0.839. The summed E-state index contributed by atoms with van der Waals surface area (Å²) in [5.74, 6) is 0.104. The number of nitrogens with zero attached hydrogens (tertiary/aromatic N) is 3. The van der Waals surface area contributed by atoms with Crippen molar-refractivity contribution in [1.82, 2.24) is 9.88 Å². The second kappa shape index (κ2) is 7.78. The molecule has 158 valence electrons. The third-order valence-corrected chi connectivity index (χ3v) is 7.89. The monoisotopic (exact) mass is 399 g/mol. The van der Waals surface area contributed by atoms with Crippen LogP contribution in [0.3, 0.4) is 0 Å². The molecule has 2 saturated carbocycles. The largest absolute Gasteiger partial charge is 0.443 e. The number of rotatable bonds is 3. The molecule has 29 heavy (non-hydrogen) atoms. The van der Waals surface area contributed by atoms with Gasteiger partial charge >= 0.3 is 6.09 Å². The topological polar surface area (TPSA) is 65.9 Å². The molecular weight excluding hydrogens is 366 g/mol. The summed E-state index contributed by atoms with van der Waals surface area (Å²) in [6.45, 7) is 1.90. The van der Waals surface area contributed by atoms with E-state index in [1.807, 2.05) is 12.4 Å². The molecule has 1 aromatic rings. The van der Waals surface area contributed by atoms with Crippen molar-refractivity contribution in [2.45, 2.75) is 88.0 Å². The smallest absolute Gasteiger partial charge is 0.410 e. The summed E-state index contributed by atoms with van der Waals surface area (Å²) in [7, 11) is 0. The maximum Gasteiger partial charge on any atom is 0.410 e. The van der Waals surface area contributed by atoms with E-state index in [1.54, 1.807) is 0 Å². The van der Waals surface area contributed by atoms with E-state index in [0.29, 0.717) is 0 Å². The molecule has 3 heterocycles. The van der Waals surface area contributed by atoms with Crippen LogP contribution in [0, 0.1) is 5.92 Å². The van der Waals surface area contributed by atoms with Gasteiger partial charge in [0.05, 0.1) is 11.6 Å². The summed E-state index contributed by atoms with van der Waals surface area (Å²) in [6, 6.07) is 4.49. The van der Waals surface area contributed by atoms with Crippen LogP contribution in [0.25, 0.3) is 0 Å². The molecule has 0 radical (unpaired) electrons. The fourth-order valence-electron chi connectivity index (χ4n) is 6.40.